The number of rotatable bonds is 7. The molecule has 2 N–H and O–H groups in total. The summed E-state index contributed by atoms with van der Waals surface area (Å²) in [5, 5.41) is 6.64. The van der Waals surface area contributed by atoms with Gasteiger partial charge in [0.2, 0.25) is 0 Å². The summed E-state index contributed by atoms with van der Waals surface area (Å²) in [5.41, 5.74) is 0. The molecule has 0 amide bonds. The summed E-state index contributed by atoms with van der Waals surface area (Å²) in [6.07, 6.45) is 0. The first-order valence-corrected chi connectivity index (χ1v) is 7.62. The first-order valence-electron chi connectivity index (χ1n) is 7.62. The van der Waals surface area contributed by atoms with Gasteiger partial charge in [-0.2, -0.15) is 0 Å². The lowest BCUT2D eigenvalue weighted by Gasteiger charge is -2.36. The van der Waals surface area contributed by atoms with Gasteiger partial charge in [-0.15, -0.1) is 0 Å². The van der Waals surface area contributed by atoms with Crippen LogP contribution in [-0.4, -0.2) is 88.4 Å². The van der Waals surface area contributed by atoms with Gasteiger partial charge in [0.25, 0.3) is 0 Å². The van der Waals surface area contributed by atoms with Gasteiger partial charge in [0.1, 0.15) is 0 Å². The summed E-state index contributed by atoms with van der Waals surface area (Å²) in [4.78, 5) is 9.14. The van der Waals surface area contributed by atoms with Crippen molar-refractivity contribution in [1.29, 1.82) is 0 Å². The zero-order chi connectivity index (χ0) is 14.8. The Bertz CT molecular complexity index is 277. The Kier molecular flexibility index (Phi) is 8.57. The molecule has 0 radical (unpaired) electrons. The predicted octanol–water partition coefficient (Wildman–Crippen LogP) is -0.176. The van der Waals surface area contributed by atoms with Crippen molar-refractivity contribution >= 4 is 5.96 Å². The zero-order valence-corrected chi connectivity index (χ0v) is 13.5. The molecule has 0 aromatic heterocycles. The molecule has 0 aromatic rings. The van der Waals surface area contributed by atoms with Gasteiger partial charge in [-0.25, -0.2) is 0 Å². The number of aliphatic imine (C=N–C) groups is 1. The SMILES string of the molecule is CCOCCNC(=NC)NCC(C)N1CCN(C)CC1. The third-order valence-electron chi connectivity index (χ3n) is 3.69. The number of nitrogens with one attached hydrogen (secondary N) is 2. The van der Waals surface area contributed by atoms with E-state index in [2.05, 4.69) is 39.4 Å². The van der Waals surface area contributed by atoms with Crippen LogP contribution in [-0.2, 0) is 4.74 Å². The molecule has 6 heteroatoms. The lowest BCUT2D eigenvalue weighted by molar-refractivity contribution is 0.120. The van der Waals surface area contributed by atoms with Crippen molar-refractivity contribution in [1.82, 2.24) is 20.4 Å². The van der Waals surface area contributed by atoms with Crippen molar-refractivity contribution in [2.45, 2.75) is 19.9 Å². The van der Waals surface area contributed by atoms with Gasteiger partial charge in [-0.05, 0) is 20.9 Å². The van der Waals surface area contributed by atoms with Crippen LogP contribution in [0.2, 0.25) is 0 Å². The Morgan fingerprint density at radius 1 is 1.25 bits per heavy atom. The Morgan fingerprint density at radius 3 is 2.55 bits per heavy atom. The van der Waals surface area contributed by atoms with E-state index in [0.717, 1.165) is 51.8 Å². The predicted molar refractivity (Wildman–Crippen MR) is 84.4 cm³/mol. The number of hydrogen-bond acceptors (Lipinski definition) is 4. The highest BCUT2D eigenvalue weighted by Gasteiger charge is 2.18. The number of hydrogen-bond donors (Lipinski definition) is 2. The second-order valence-electron chi connectivity index (χ2n) is 5.27. The molecule has 20 heavy (non-hydrogen) atoms. The van der Waals surface area contributed by atoms with Gasteiger partial charge in [-0.3, -0.25) is 9.89 Å². The van der Waals surface area contributed by atoms with Crippen molar-refractivity contribution < 1.29 is 4.74 Å². The van der Waals surface area contributed by atoms with Crippen LogP contribution < -0.4 is 10.6 Å². The van der Waals surface area contributed by atoms with Crippen LogP contribution in [0.25, 0.3) is 0 Å². The van der Waals surface area contributed by atoms with Gasteiger partial charge in [-0.1, -0.05) is 0 Å². The van der Waals surface area contributed by atoms with Crippen LogP contribution in [0.3, 0.4) is 0 Å². The summed E-state index contributed by atoms with van der Waals surface area (Å²) in [5.74, 6) is 0.852. The van der Waals surface area contributed by atoms with E-state index in [1.165, 1.54) is 0 Å². The summed E-state index contributed by atoms with van der Waals surface area (Å²) in [7, 11) is 3.99. The van der Waals surface area contributed by atoms with Crippen LogP contribution in [0.15, 0.2) is 4.99 Å². The normalized spacial score (nSPS) is 19.9. The Hall–Kier alpha value is -0.850. The molecule has 1 aliphatic rings. The smallest absolute Gasteiger partial charge is 0.191 e. The van der Waals surface area contributed by atoms with E-state index >= 15 is 0 Å². The van der Waals surface area contributed by atoms with E-state index in [0.29, 0.717) is 12.6 Å². The maximum atomic E-state index is 5.30. The highest BCUT2D eigenvalue weighted by Crippen LogP contribution is 2.03. The highest BCUT2D eigenvalue weighted by atomic mass is 16.5. The van der Waals surface area contributed by atoms with Crippen LogP contribution in [0.4, 0.5) is 0 Å². The van der Waals surface area contributed by atoms with Crippen molar-refractivity contribution in [3.8, 4) is 0 Å². The van der Waals surface area contributed by atoms with E-state index in [1.807, 2.05) is 6.92 Å². The van der Waals surface area contributed by atoms with Gasteiger partial charge >= 0.3 is 0 Å². The van der Waals surface area contributed by atoms with Gasteiger partial charge in [0, 0.05) is 59.0 Å². The molecule has 1 aliphatic heterocycles. The second kappa shape index (κ2) is 9.96. The van der Waals surface area contributed by atoms with E-state index in [9.17, 15) is 0 Å². The largest absolute Gasteiger partial charge is 0.380 e. The number of piperazine rings is 1. The van der Waals surface area contributed by atoms with Crippen molar-refractivity contribution in [3.05, 3.63) is 0 Å². The van der Waals surface area contributed by atoms with Gasteiger partial charge in [0.15, 0.2) is 5.96 Å². The minimum absolute atomic E-state index is 0.522. The minimum Gasteiger partial charge on any atom is -0.380 e. The maximum absolute atomic E-state index is 5.30. The average Bonchev–Trinajstić information content (AvgIpc) is 2.47. The molecule has 118 valence electrons. The lowest BCUT2D eigenvalue weighted by atomic mass is 10.2. The molecule has 0 spiro atoms. The van der Waals surface area contributed by atoms with Crippen LogP contribution in [0.5, 0.6) is 0 Å². The number of guanidine groups is 1. The minimum atomic E-state index is 0.522. The zero-order valence-electron chi connectivity index (χ0n) is 13.5. The first kappa shape index (κ1) is 17.2. The van der Waals surface area contributed by atoms with Crippen LogP contribution >= 0.6 is 0 Å². The van der Waals surface area contributed by atoms with Crippen molar-refractivity contribution in [3.63, 3.8) is 0 Å². The molecule has 0 aliphatic carbocycles. The van der Waals surface area contributed by atoms with Crippen LogP contribution in [0.1, 0.15) is 13.8 Å². The quantitative estimate of drug-likeness (QED) is 0.386. The fourth-order valence-corrected chi connectivity index (χ4v) is 2.24. The van der Waals surface area contributed by atoms with E-state index in [1.54, 1.807) is 7.05 Å². The third kappa shape index (κ3) is 6.54. The second-order valence-corrected chi connectivity index (χ2v) is 5.27. The fourth-order valence-electron chi connectivity index (χ4n) is 2.24. The van der Waals surface area contributed by atoms with Gasteiger partial charge < -0.3 is 20.3 Å². The van der Waals surface area contributed by atoms with E-state index < -0.39 is 0 Å². The molecule has 0 saturated carbocycles. The third-order valence-corrected chi connectivity index (χ3v) is 3.69. The van der Waals surface area contributed by atoms with Crippen molar-refractivity contribution in [2.75, 3.05) is 66.6 Å². The molecule has 0 bridgehead atoms. The summed E-state index contributed by atoms with van der Waals surface area (Å²) >= 11 is 0. The molecule has 1 unspecified atom stereocenters. The summed E-state index contributed by atoms with van der Waals surface area (Å²) < 4.78 is 5.30. The molecule has 1 fully saturated rings. The number of ether oxygens (including phenoxy) is 1. The molecule has 1 rings (SSSR count). The molecular formula is C14H31N5O. The Balaban J connectivity index is 2.19. The molecule has 1 heterocycles. The maximum Gasteiger partial charge on any atom is 0.191 e. The highest BCUT2D eigenvalue weighted by molar-refractivity contribution is 5.79. The molecule has 1 saturated heterocycles. The van der Waals surface area contributed by atoms with E-state index in [-0.39, 0.29) is 0 Å². The van der Waals surface area contributed by atoms with Crippen LogP contribution in [0, 0.1) is 0 Å². The first-order chi connectivity index (χ1) is 9.67. The van der Waals surface area contributed by atoms with Crippen molar-refractivity contribution in [2.24, 2.45) is 4.99 Å². The lowest BCUT2D eigenvalue weighted by Crippen LogP contribution is -2.52. The average molecular weight is 285 g/mol. The standard InChI is InChI=1S/C14H31N5O/c1-5-20-11-6-16-14(15-3)17-12-13(2)19-9-7-18(4)8-10-19/h13H,5-12H2,1-4H3,(H2,15,16,17). The molecular weight excluding hydrogens is 254 g/mol. The van der Waals surface area contributed by atoms with E-state index in [4.69, 9.17) is 4.74 Å². The Labute approximate surface area is 123 Å². The molecule has 6 nitrogen and oxygen atoms in total. The topological polar surface area (TPSA) is 52.1 Å². The summed E-state index contributed by atoms with van der Waals surface area (Å²) in [6, 6.07) is 0.522. The monoisotopic (exact) mass is 285 g/mol. The number of likely N-dealkylation sites (N-methyl/N-ethyl adjacent to an activating group) is 1. The van der Waals surface area contributed by atoms with Gasteiger partial charge in [0.05, 0.1) is 6.61 Å². The summed E-state index contributed by atoms with van der Waals surface area (Å²) in [6.45, 7) is 12.1. The molecule has 0 aromatic carbocycles. The Morgan fingerprint density at radius 2 is 1.95 bits per heavy atom. The molecule has 1 atom stereocenters. The number of nitrogens with zero attached hydrogens (tertiary/aromatic N) is 3. The fraction of sp³-hybridized carbons (Fsp3) is 0.929.